The van der Waals surface area contributed by atoms with Crippen molar-refractivity contribution in [2.45, 2.75) is 38.2 Å². The summed E-state index contributed by atoms with van der Waals surface area (Å²) in [7, 11) is 1.62. The number of nitriles is 1. The zero-order chi connectivity index (χ0) is 22.7. The van der Waals surface area contributed by atoms with Crippen LogP contribution < -0.4 is 0 Å². The summed E-state index contributed by atoms with van der Waals surface area (Å²) in [6, 6.07) is 6.33. The molecule has 2 unspecified atom stereocenters. The second-order valence-electron chi connectivity index (χ2n) is 7.86. The number of carbonyl (C=O) groups excluding carboxylic acids is 1. The number of benzene rings is 1. The third-order valence-corrected chi connectivity index (χ3v) is 5.59. The molecule has 0 spiro atoms. The number of alkyl halides is 3. The highest BCUT2D eigenvalue weighted by Gasteiger charge is 2.55. The van der Waals surface area contributed by atoms with E-state index in [9.17, 15) is 23.1 Å². The predicted octanol–water partition coefficient (Wildman–Crippen LogP) is 1.40. The lowest BCUT2D eigenvalue weighted by Gasteiger charge is -2.36. The zero-order valence-corrected chi connectivity index (χ0v) is 19.2. The molecule has 186 valence electrons. The fourth-order valence-corrected chi connectivity index (χ4v) is 3.98. The first-order valence-corrected chi connectivity index (χ1v) is 9.47. The van der Waals surface area contributed by atoms with Gasteiger partial charge in [-0.2, -0.15) is 23.5 Å². The number of nitrogens with zero attached hydrogens (tertiary/aromatic N) is 6. The van der Waals surface area contributed by atoms with E-state index in [1.165, 1.54) is 20.3 Å². The molecule has 3 heterocycles. The van der Waals surface area contributed by atoms with Crippen molar-refractivity contribution in [2.24, 2.45) is 7.05 Å². The molecule has 1 aliphatic heterocycles. The maximum Gasteiger partial charge on any atom is 0.424 e. The first-order valence-electron chi connectivity index (χ1n) is 9.47. The summed E-state index contributed by atoms with van der Waals surface area (Å²) >= 11 is 0. The Kier molecular flexibility index (Phi) is 8.14. The van der Waals surface area contributed by atoms with Gasteiger partial charge in [-0.3, -0.25) is 9.48 Å². The monoisotopic (exact) mass is 504 g/mol. The molecule has 10 nitrogen and oxygen atoms in total. The molecule has 0 saturated carbocycles. The number of aliphatic hydroxyl groups is 1. The minimum atomic E-state index is -4.89. The molecule has 0 fully saturated rings. The van der Waals surface area contributed by atoms with Gasteiger partial charge in [0.05, 0.1) is 41.6 Å². The number of imidazole rings is 1. The summed E-state index contributed by atoms with van der Waals surface area (Å²) in [6.45, 7) is 2.50. The van der Waals surface area contributed by atoms with E-state index in [0.29, 0.717) is 34.8 Å². The summed E-state index contributed by atoms with van der Waals surface area (Å²) in [6.07, 6.45) is -3.64. The first-order chi connectivity index (χ1) is 14.5. The van der Waals surface area contributed by atoms with E-state index in [-0.39, 0.29) is 42.4 Å². The minimum absolute atomic E-state index is 0. The lowest BCUT2D eigenvalue weighted by atomic mass is 10.0. The maximum atomic E-state index is 13.3. The Labute approximate surface area is 198 Å². The Bertz CT molecular complexity index is 1250. The Balaban J connectivity index is 0.00000193. The van der Waals surface area contributed by atoms with Crippen LogP contribution in [0.25, 0.3) is 10.9 Å². The van der Waals surface area contributed by atoms with E-state index in [1.54, 1.807) is 32.2 Å². The number of carbonyl (C=O) groups is 1. The molecular weight excluding hydrogens is 481 g/mol. The van der Waals surface area contributed by atoms with E-state index >= 15 is 0 Å². The highest BCUT2D eigenvalue weighted by molar-refractivity contribution is 6.05. The summed E-state index contributed by atoms with van der Waals surface area (Å²) in [4.78, 5) is 18.7. The Morgan fingerprint density at radius 1 is 1.29 bits per heavy atom. The summed E-state index contributed by atoms with van der Waals surface area (Å²) in [5, 5.41) is 24.0. The number of hydrogen-bond acceptors (Lipinski definition) is 5. The maximum absolute atomic E-state index is 13.3. The van der Waals surface area contributed by atoms with E-state index in [4.69, 9.17) is 5.26 Å². The Morgan fingerprint density at radius 2 is 1.94 bits per heavy atom. The molecule has 0 aliphatic carbocycles. The van der Waals surface area contributed by atoms with Crippen LogP contribution in [0.15, 0.2) is 24.4 Å². The number of halogens is 4. The van der Waals surface area contributed by atoms with Crippen molar-refractivity contribution in [1.29, 1.82) is 5.26 Å². The second kappa shape index (κ2) is 9.59. The van der Waals surface area contributed by atoms with Crippen molar-refractivity contribution in [2.75, 3.05) is 6.54 Å². The molecule has 2 atom stereocenters. The lowest BCUT2D eigenvalue weighted by Crippen LogP contribution is -2.46. The molecule has 1 aliphatic rings. The van der Waals surface area contributed by atoms with Crippen LogP contribution in [-0.2, 0) is 19.2 Å². The van der Waals surface area contributed by atoms with E-state index < -0.39 is 23.6 Å². The minimum Gasteiger partial charge on any atom is -0.412 e. The van der Waals surface area contributed by atoms with Gasteiger partial charge in [0.2, 0.25) is 5.60 Å². The van der Waals surface area contributed by atoms with Gasteiger partial charge >= 0.3 is 6.18 Å². The fourth-order valence-electron chi connectivity index (χ4n) is 3.98. The van der Waals surface area contributed by atoms with Crippen LogP contribution in [0.1, 0.15) is 47.5 Å². The summed E-state index contributed by atoms with van der Waals surface area (Å²) < 4.78 is 42.8. The first kappa shape index (κ1) is 28.9. The van der Waals surface area contributed by atoms with Crippen molar-refractivity contribution in [3.8, 4) is 6.07 Å². The standard InChI is InChI=1S/C20H19F3N6O2.ClH.2H2O/c1-11-9-28(10-13-8-25-18(29(11)13)19(2,31)20(21,22)23)17(30)16-14-5-4-12(7-24)6-15(14)26-27(16)3;;;/h4-6,8,11,31H,9-10H2,1-3H3;1H;2*1H2. The number of amides is 1. The Morgan fingerprint density at radius 3 is 2.53 bits per heavy atom. The molecule has 4 rings (SSSR count). The molecule has 1 amide bonds. The van der Waals surface area contributed by atoms with Gasteiger partial charge in [-0.1, -0.05) is 0 Å². The van der Waals surface area contributed by atoms with Crippen LogP contribution >= 0.6 is 12.4 Å². The molecule has 14 heteroatoms. The van der Waals surface area contributed by atoms with Crippen LogP contribution in [0.3, 0.4) is 0 Å². The summed E-state index contributed by atoms with van der Waals surface area (Å²) in [5.41, 5.74) is -1.47. The highest BCUT2D eigenvalue weighted by Crippen LogP contribution is 2.40. The Hall–Kier alpha value is -3.18. The average Bonchev–Trinajstić information content (AvgIpc) is 3.26. The largest absolute Gasteiger partial charge is 0.424 e. The number of fused-ring (bicyclic) bond motifs is 2. The van der Waals surface area contributed by atoms with Gasteiger partial charge in [0, 0.05) is 19.0 Å². The van der Waals surface area contributed by atoms with Crippen molar-refractivity contribution in [3.05, 3.63) is 47.2 Å². The van der Waals surface area contributed by atoms with Gasteiger partial charge in [0.1, 0.15) is 5.69 Å². The van der Waals surface area contributed by atoms with E-state index in [1.807, 2.05) is 6.07 Å². The predicted molar refractivity (Wildman–Crippen MR) is 117 cm³/mol. The van der Waals surface area contributed by atoms with Gasteiger partial charge in [0.15, 0.2) is 5.82 Å². The van der Waals surface area contributed by atoms with Crippen LogP contribution in [0.5, 0.6) is 0 Å². The normalized spacial score (nSPS) is 16.9. The third kappa shape index (κ3) is 4.32. The van der Waals surface area contributed by atoms with Crippen LogP contribution in [0.2, 0.25) is 0 Å². The van der Waals surface area contributed by atoms with Crippen molar-refractivity contribution in [3.63, 3.8) is 0 Å². The molecule has 34 heavy (non-hydrogen) atoms. The number of hydrogen-bond donors (Lipinski definition) is 1. The molecule has 3 aromatic rings. The number of rotatable bonds is 2. The lowest BCUT2D eigenvalue weighted by molar-refractivity contribution is -0.263. The SMILES string of the molecule is CC1CN(C(=O)c2c3ccc(C#N)cc3nn2C)Cc2cnc(C(C)(O)C(F)(F)F)n21.Cl.O.O. The highest BCUT2D eigenvalue weighted by atomic mass is 35.5. The fraction of sp³-hybridized carbons (Fsp3) is 0.400. The number of aryl methyl sites for hydroxylation is 1. The van der Waals surface area contributed by atoms with Crippen molar-refractivity contribution >= 4 is 29.2 Å². The van der Waals surface area contributed by atoms with Gasteiger partial charge in [-0.15, -0.1) is 12.4 Å². The molecule has 0 saturated heterocycles. The van der Waals surface area contributed by atoms with Crippen LogP contribution in [-0.4, -0.2) is 58.9 Å². The second-order valence-corrected chi connectivity index (χ2v) is 7.86. The van der Waals surface area contributed by atoms with E-state index in [0.717, 1.165) is 0 Å². The molecule has 1 aromatic carbocycles. The summed E-state index contributed by atoms with van der Waals surface area (Å²) in [5.74, 6) is -0.831. The third-order valence-electron chi connectivity index (χ3n) is 5.59. The molecule has 2 aromatic heterocycles. The smallest absolute Gasteiger partial charge is 0.412 e. The quantitative estimate of drug-likeness (QED) is 0.556. The topological polar surface area (TPSA) is 163 Å². The molecule has 5 N–H and O–H groups in total. The average molecular weight is 505 g/mol. The van der Waals surface area contributed by atoms with Gasteiger partial charge in [-0.25, -0.2) is 4.98 Å². The molecular formula is C20H24ClF3N6O4. The van der Waals surface area contributed by atoms with Gasteiger partial charge in [0.25, 0.3) is 5.91 Å². The van der Waals surface area contributed by atoms with Gasteiger partial charge in [-0.05, 0) is 32.0 Å². The van der Waals surface area contributed by atoms with E-state index in [2.05, 4.69) is 10.1 Å². The molecule has 0 radical (unpaired) electrons. The van der Waals surface area contributed by atoms with Crippen LogP contribution in [0.4, 0.5) is 13.2 Å². The molecule has 0 bridgehead atoms. The van der Waals surface area contributed by atoms with Crippen molar-refractivity contribution in [1.82, 2.24) is 24.2 Å². The van der Waals surface area contributed by atoms with Crippen LogP contribution in [0, 0.1) is 11.3 Å². The number of aromatic nitrogens is 4. The van der Waals surface area contributed by atoms with Crippen molar-refractivity contribution < 1.29 is 34.0 Å². The van der Waals surface area contributed by atoms with Gasteiger partial charge < -0.3 is 25.5 Å². The zero-order valence-electron chi connectivity index (χ0n) is 18.4.